The number of hydrogen-bond acceptors (Lipinski definition) is 4. The third kappa shape index (κ3) is 5.48. The van der Waals surface area contributed by atoms with E-state index < -0.39 is 0 Å². The molecule has 6 heteroatoms. The molecule has 0 fully saturated rings. The van der Waals surface area contributed by atoms with Gasteiger partial charge in [0.25, 0.3) is 0 Å². The minimum absolute atomic E-state index is 0.809. The molecule has 29 heavy (non-hydrogen) atoms. The molecule has 0 aliphatic rings. The van der Waals surface area contributed by atoms with Gasteiger partial charge in [0.15, 0.2) is 5.65 Å². The van der Waals surface area contributed by atoms with Crippen molar-refractivity contribution in [1.82, 2.24) is 19.9 Å². The molecule has 5 nitrogen and oxygen atoms in total. The molecule has 2 heterocycles. The standard InChI is InChI=1S/C23H28BrN5/c1-4-5-6-11-18(3)25-13-9-14-26-22-15-21(19-12-8-7-10-17(19)2)28-23-20(24)16-27-29(22)23/h4-5,7-8,10,12,15-16,25-26H,3,6,9,11,13-14H2,1-2H3/b5-4-. The molecule has 0 aliphatic heterocycles. The first-order valence-corrected chi connectivity index (χ1v) is 10.8. The summed E-state index contributed by atoms with van der Waals surface area (Å²) in [6, 6.07) is 10.4. The van der Waals surface area contributed by atoms with Crippen LogP contribution >= 0.6 is 15.9 Å². The largest absolute Gasteiger partial charge is 0.389 e. The van der Waals surface area contributed by atoms with Crippen molar-refractivity contribution < 1.29 is 0 Å². The number of nitrogens with one attached hydrogen (secondary N) is 2. The van der Waals surface area contributed by atoms with E-state index in [4.69, 9.17) is 4.98 Å². The van der Waals surface area contributed by atoms with E-state index in [0.29, 0.717) is 0 Å². The van der Waals surface area contributed by atoms with Gasteiger partial charge in [0.05, 0.1) is 16.4 Å². The molecule has 0 saturated heterocycles. The second-order valence-corrected chi connectivity index (χ2v) is 7.84. The van der Waals surface area contributed by atoms with Crippen LogP contribution in [0.1, 0.15) is 31.7 Å². The second-order valence-electron chi connectivity index (χ2n) is 6.99. The fourth-order valence-corrected chi connectivity index (χ4v) is 3.49. The van der Waals surface area contributed by atoms with E-state index in [-0.39, 0.29) is 0 Å². The molecule has 0 spiro atoms. The van der Waals surface area contributed by atoms with E-state index >= 15 is 0 Å². The van der Waals surface area contributed by atoms with Crippen molar-refractivity contribution in [3.05, 3.63) is 71.0 Å². The number of allylic oxidation sites excluding steroid dienone is 3. The second kappa shape index (κ2) is 10.3. The van der Waals surface area contributed by atoms with Gasteiger partial charge < -0.3 is 10.6 Å². The van der Waals surface area contributed by atoms with Crippen molar-refractivity contribution in [3.63, 3.8) is 0 Å². The summed E-state index contributed by atoms with van der Waals surface area (Å²) < 4.78 is 2.73. The Hall–Kier alpha value is -2.60. The SMILES string of the molecule is C=C(CC/C=C\C)NCCCNc1cc(-c2ccccc2C)nc2c(Br)cnn12. The van der Waals surface area contributed by atoms with Crippen molar-refractivity contribution in [3.8, 4) is 11.3 Å². The number of nitrogens with zero attached hydrogens (tertiary/aromatic N) is 3. The highest BCUT2D eigenvalue weighted by Crippen LogP contribution is 2.27. The molecule has 2 aromatic heterocycles. The summed E-state index contributed by atoms with van der Waals surface area (Å²) in [4.78, 5) is 4.81. The summed E-state index contributed by atoms with van der Waals surface area (Å²) in [5, 5.41) is 11.4. The van der Waals surface area contributed by atoms with Crippen LogP contribution in [0.4, 0.5) is 5.82 Å². The predicted molar refractivity (Wildman–Crippen MR) is 125 cm³/mol. The minimum Gasteiger partial charge on any atom is -0.389 e. The Bertz CT molecular complexity index is 1010. The fourth-order valence-electron chi connectivity index (χ4n) is 3.14. The zero-order valence-electron chi connectivity index (χ0n) is 17.1. The fraction of sp³-hybridized carbons (Fsp3) is 0.304. The lowest BCUT2D eigenvalue weighted by molar-refractivity contribution is 0.713. The molecule has 1 aromatic carbocycles. The van der Waals surface area contributed by atoms with E-state index in [9.17, 15) is 0 Å². The number of halogens is 1. The van der Waals surface area contributed by atoms with Crippen LogP contribution in [0, 0.1) is 6.92 Å². The Kier molecular flexibility index (Phi) is 7.47. The van der Waals surface area contributed by atoms with Crippen molar-refractivity contribution in [2.75, 3.05) is 18.4 Å². The maximum atomic E-state index is 4.81. The van der Waals surface area contributed by atoms with Crippen LogP contribution < -0.4 is 10.6 Å². The number of anilines is 1. The lowest BCUT2D eigenvalue weighted by Gasteiger charge is -2.13. The van der Waals surface area contributed by atoms with Gasteiger partial charge in [-0.3, -0.25) is 0 Å². The molecule has 0 atom stereocenters. The van der Waals surface area contributed by atoms with Crippen LogP contribution in [-0.2, 0) is 0 Å². The lowest BCUT2D eigenvalue weighted by atomic mass is 10.1. The highest BCUT2D eigenvalue weighted by atomic mass is 79.9. The van der Waals surface area contributed by atoms with E-state index in [1.54, 1.807) is 6.20 Å². The van der Waals surface area contributed by atoms with Crippen LogP contribution in [0.3, 0.4) is 0 Å². The molecule has 2 N–H and O–H groups in total. The summed E-state index contributed by atoms with van der Waals surface area (Å²) in [5.74, 6) is 0.936. The maximum Gasteiger partial charge on any atom is 0.172 e. The Balaban J connectivity index is 1.66. The highest BCUT2D eigenvalue weighted by molar-refractivity contribution is 9.10. The molecule has 3 aromatic rings. The number of benzene rings is 1. The molecule has 3 rings (SSSR count). The number of hydrogen-bond donors (Lipinski definition) is 2. The van der Waals surface area contributed by atoms with E-state index in [2.05, 4.69) is 75.5 Å². The molecule has 0 bridgehead atoms. The number of aryl methyl sites for hydroxylation is 1. The lowest BCUT2D eigenvalue weighted by Crippen LogP contribution is -2.17. The summed E-state index contributed by atoms with van der Waals surface area (Å²) in [6.45, 7) is 9.96. The molecule has 0 aliphatic carbocycles. The van der Waals surface area contributed by atoms with E-state index in [1.807, 2.05) is 23.6 Å². The van der Waals surface area contributed by atoms with E-state index in [0.717, 1.165) is 65.2 Å². The molecule has 0 saturated carbocycles. The smallest absolute Gasteiger partial charge is 0.172 e. The summed E-state index contributed by atoms with van der Waals surface area (Å²) in [6.07, 6.45) is 9.01. The first kappa shape index (κ1) is 21.1. The van der Waals surface area contributed by atoms with Crippen molar-refractivity contribution in [1.29, 1.82) is 0 Å². The minimum atomic E-state index is 0.809. The zero-order chi connectivity index (χ0) is 20.6. The van der Waals surface area contributed by atoms with E-state index in [1.165, 1.54) is 5.56 Å². The van der Waals surface area contributed by atoms with Crippen LogP contribution in [0.5, 0.6) is 0 Å². The average Bonchev–Trinajstić information content (AvgIpc) is 3.09. The zero-order valence-corrected chi connectivity index (χ0v) is 18.7. The van der Waals surface area contributed by atoms with Crippen LogP contribution in [0.2, 0.25) is 0 Å². The van der Waals surface area contributed by atoms with Crippen molar-refractivity contribution in [2.45, 2.75) is 33.1 Å². The topological polar surface area (TPSA) is 54.2 Å². The van der Waals surface area contributed by atoms with Gasteiger partial charge in [-0.15, -0.1) is 0 Å². The molecule has 0 unspecified atom stereocenters. The Morgan fingerprint density at radius 2 is 2.10 bits per heavy atom. The Morgan fingerprint density at radius 3 is 2.90 bits per heavy atom. The molecule has 0 radical (unpaired) electrons. The first-order valence-electron chi connectivity index (χ1n) is 9.97. The van der Waals surface area contributed by atoms with Crippen LogP contribution in [-0.4, -0.2) is 27.7 Å². The van der Waals surface area contributed by atoms with Gasteiger partial charge in [-0.1, -0.05) is 43.0 Å². The normalized spacial score (nSPS) is 11.3. The molecule has 0 amide bonds. The molecular weight excluding hydrogens is 426 g/mol. The maximum absolute atomic E-state index is 4.81. The van der Waals surface area contributed by atoms with Crippen LogP contribution in [0.25, 0.3) is 16.9 Å². The van der Waals surface area contributed by atoms with Gasteiger partial charge in [0.1, 0.15) is 5.82 Å². The van der Waals surface area contributed by atoms with Gasteiger partial charge in [-0.05, 0) is 54.6 Å². The monoisotopic (exact) mass is 453 g/mol. The van der Waals surface area contributed by atoms with Crippen LogP contribution in [0.15, 0.2) is 65.4 Å². The van der Waals surface area contributed by atoms with Crippen molar-refractivity contribution >= 4 is 27.4 Å². The van der Waals surface area contributed by atoms with Gasteiger partial charge >= 0.3 is 0 Å². The first-order chi connectivity index (χ1) is 14.1. The Labute approximate surface area is 181 Å². The average molecular weight is 454 g/mol. The quantitative estimate of drug-likeness (QED) is 0.304. The summed E-state index contributed by atoms with van der Waals surface area (Å²) >= 11 is 3.56. The highest BCUT2D eigenvalue weighted by Gasteiger charge is 2.12. The summed E-state index contributed by atoms with van der Waals surface area (Å²) in [5.41, 5.74) is 5.17. The number of fused-ring (bicyclic) bond motifs is 1. The van der Waals surface area contributed by atoms with Crippen molar-refractivity contribution in [2.24, 2.45) is 0 Å². The summed E-state index contributed by atoms with van der Waals surface area (Å²) in [7, 11) is 0. The van der Waals surface area contributed by atoms with Gasteiger partial charge in [-0.2, -0.15) is 9.61 Å². The van der Waals surface area contributed by atoms with Gasteiger partial charge in [-0.25, -0.2) is 4.98 Å². The Morgan fingerprint density at radius 1 is 1.28 bits per heavy atom. The number of aromatic nitrogens is 3. The number of rotatable bonds is 10. The molecule has 152 valence electrons. The third-order valence-electron chi connectivity index (χ3n) is 4.73. The van der Waals surface area contributed by atoms with Gasteiger partial charge in [0.2, 0.25) is 0 Å². The molecular formula is C23H28BrN5. The third-order valence-corrected chi connectivity index (χ3v) is 5.29. The van der Waals surface area contributed by atoms with Gasteiger partial charge in [0, 0.05) is 30.4 Å². The predicted octanol–water partition coefficient (Wildman–Crippen LogP) is 5.73.